The van der Waals surface area contributed by atoms with Crippen molar-refractivity contribution in [1.29, 1.82) is 0 Å². The Balaban J connectivity index is 2.24. The zero-order valence-corrected chi connectivity index (χ0v) is 12.5. The number of aromatic amines is 1. The maximum atomic E-state index is 11.7. The third-order valence-electron chi connectivity index (χ3n) is 2.58. The van der Waals surface area contributed by atoms with Crippen molar-refractivity contribution in [3.8, 4) is 0 Å². The molecule has 1 atom stereocenters. The molecule has 1 amide bonds. The Kier molecular flexibility index (Phi) is 6.59. The van der Waals surface area contributed by atoms with Crippen LogP contribution in [0.4, 0.5) is 0 Å². The van der Waals surface area contributed by atoms with Crippen LogP contribution in [0.15, 0.2) is 6.33 Å². The number of carbonyl (C=O) groups is 1. The second kappa shape index (κ2) is 7.95. The van der Waals surface area contributed by atoms with Crippen LogP contribution in [0.1, 0.15) is 32.5 Å². The quantitative estimate of drug-likeness (QED) is 0.535. The number of aromatic nitrogens is 3. The van der Waals surface area contributed by atoms with Crippen LogP contribution in [0, 0.1) is 0 Å². The van der Waals surface area contributed by atoms with Gasteiger partial charge >= 0.3 is 0 Å². The van der Waals surface area contributed by atoms with Crippen molar-refractivity contribution in [3.63, 3.8) is 0 Å². The van der Waals surface area contributed by atoms with Gasteiger partial charge in [0.25, 0.3) is 0 Å². The van der Waals surface area contributed by atoms with Crippen LogP contribution in [0.5, 0.6) is 0 Å². The summed E-state index contributed by atoms with van der Waals surface area (Å²) in [4.78, 5) is 15.7. The van der Waals surface area contributed by atoms with Crippen LogP contribution in [0.3, 0.4) is 0 Å². The van der Waals surface area contributed by atoms with Gasteiger partial charge < -0.3 is 5.32 Å². The molecule has 3 N–H and O–H groups in total. The van der Waals surface area contributed by atoms with Crippen molar-refractivity contribution < 1.29 is 13.2 Å². The summed E-state index contributed by atoms with van der Waals surface area (Å²) < 4.78 is 25.4. The Morgan fingerprint density at radius 2 is 2.25 bits per heavy atom. The van der Waals surface area contributed by atoms with E-state index < -0.39 is 16.1 Å². The molecule has 0 aliphatic rings. The van der Waals surface area contributed by atoms with Crippen LogP contribution in [-0.2, 0) is 21.2 Å². The van der Waals surface area contributed by atoms with Crippen LogP contribution in [0.25, 0.3) is 0 Å². The minimum atomic E-state index is -3.38. The lowest BCUT2D eigenvalue weighted by Crippen LogP contribution is -2.45. The number of H-pyrrole nitrogens is 1. The van der Waals surface area contributed by atoms with Crippen LogP contribution < -0.4 is 10.0 Å². The number of amides is 1. The highest BCUT2D eigenvalue weighted by Crippen LogP contribution is 1.94. The van der Waals surface area contributed by atoms with E-state index in [0.717, 1.165) is 5.82 Å². The predicted molar refractivity (Wildman–Crippen MR) is 74.4 cm³/mol. The van der Waals surface area contributed by atoms with E-state index in [-0.39, 0.29) is 11.7 Å². The minimum Gasteiger partial charge on any atom is -0.355 e. The molecule has 1 unspecified atom stereocenters. The van der Waals surface area contributed by atoms with Crippen LogP contribution >= 0.6 is 0 Å². The van der Waals surface area contributed by atoms with Crippen molar-refractivity contribution in [2.24, 2.45) is 0 Å². The number of hydrogen-bond acceptors (Lipinski definition) is 5. The molecule has 9 heteroatoms. The van der Waals surface area contributed by atoms with Gasteiger partial charge in [0, 0.05) is 13.0 Å². The number of hydrogen-bond donors (Lipinski definition) is 3. The van der Waals surface area contributed by atoms with Crippen molar-refractivity contribution in [2.75, 3.05) is 12.3 Å². The Morgan fingerprint density at radius 3 is 2.85 bits per heavy atom. The molecule has 0 aromatic carbocycles. The molecule has 114 valence electrons. The summed E-state index contributed by atoms with van der Waals surface area (Å²) in [6.07, 6.45) is 3.32. The van der Waals surface area contributed by atoms with Crippen LogP contribution in [0.2, 0.25) is 0 Å². The topological polar surface area (TPSA) is 117 Å². The highest BCUT2D eigenvalue weighted by molar-refractivity contribution is 7.89. The second-order valence-corrected chi connectivity index (χ2v) is 6.36. The largest absolute Gasteiger partial charge is 0.355 e. The smallest absolute Gasteiger partial charge is 0.237 e. The number of nitrogens with one attached hydrogen (secondary N) is 3. The van der Waals surface area contributed by atoms with Gasteiger partial charge in [0.15, 0.2) is 0 Å². The number of nitrogens with zero attached hydrogens (tertiary/aromatic N) is 2. The lowest BCUT2D eigenvalue weighted by atomic mass is 10.3. The second-order valence-electron chi connectivity index (χ2n) is 4.49. The first-order chi connectivity index (χ1) is 9.44. The first-order valence-electron chi connectivity index (χ1n) is 6.56. The fourth-order valence-electron chi connectivity index (χ4n) is 1.62. The standard InChI is InChI=1S/C11H21N5O3S/c1-3-7-20(18,19)16-9(2)11(17)12-6-4-5-10-13-8-14-15-10/h8-9,16H,3-7H2,1-2H3,(H,12,17)(H,13,14,15). The fourth-order valence-corrected chi connectivity index (χ4v) is 2.92. The molecule has 0 spiro atoms. The molecule has 1 aromatic rings. The number of carbonyl (C=O) groups excluding carboxylic acids is 1. The maximum Gasteiger partial charge on any atom is 0.237 e. The molecule has 1 rings (SSSR count). The molecule has 20 heavy (non-hydrogen) atoms. The monoisotopic (exact) mass is 303 g/mol. The summed E-state index contributed by atoms with van der Waals surface area (Å²) in [6, 6.07) is -0.767. The fraction of sp³-hybridized carbons (Fsp3) is 0.727. The van der Waals surface area contributed by atoms with Gasteiger partial charge in [0.1, 0.15) is 12.2 Å². The SMILES string of the molecule is CCCS(=O)(=O)NC(C)C(=O)NCCCc1ncn[nH]1. The van der Waals surface area contributed by atoms with Gasteiger partial charge in [0.05, 0.1) is 11.8 Å². The van der Waals surface area contributed by atoms with E-state index in [9.17, 15) is 13.2 Å². The highest BCUT2D eigenvalue weighted by atomic mass is 32.2. The van der Waals surface area contributed by atoms with Gasteiger partial charge in [0.2, 0.25) is 15.9 Å². The Bertz CT molecular complexity index is 500. The third kappa shape index (κ3) is 6.11. The molecule has 8 nitrogen and oxygen atoms in total. The zero-order valence-electron chi connectivity index (χ0n) is 11.7. The summed E-state index contributed by atoms with van der Waals surface area (Å²) in [5.41, 5.74) is 0. The minimum absolute atomic E-state index is 0.0239. The van der Waals surface area contributed by atoms with Gasteiger partial charge in [-0.2, -0.15) is 5.10 Å². The van der Waals surface area contributed by atoms with E-state index in [4.69, 9.17) is 0 Å². The number of rotatable bonds is 9. The first kappa shape index (κ1) is 16.6. The first-order valence-corrected chi connectivity index (χ1v) is 8.22. The molecular weight excluding hydrogens is 282 g/mol. The average Bonchev–Trinajstić information content (AvgIpc) is 2.86. The average molecular weight is 303 g/mol. The third-order valence-corrected chi connectivity index (χ3v) is 4.24. The molecule has 0 saturated carbocycles. The maximum absolute atomic E-state index is 11.7. The van der Waals surface area contributed by atoms with E-state index in [0.29, 0.717) is 25.8 Å². The van der Waals surface area contributed by atoms with E-state index in [2.05, 4.69) is 25.2 Å². The van der Waals surface area contributed by atoms with E-state index in [1.807, 2.05) is 0 Å². The predicted octanol–water partition coefficient (Wildman–Crippen LogP) is -0.429. The molecule has 0 radical (unpaired) electrons. The van der Waals surface area contributed by atoms with Crippen LogP contribution in [-0.4, -0.2) is 47.8 Å². The van der Waals surface area contributed by atoms with Gasteiger partial charge in [-0.15, -0.1) is 0 Å². The summed E-state index contributed by atoms with van der Waals surface area (Å²) >= 11 is 0. The normalized spacial score (nSPS) is 13.1. The lowest BCUT2D eigenvalue weighted by Gasteiger charge is -2.13. The number of aryl methyl sites for hydroxylation is 1. The molecule has 0 aliphatic heterocycles. The van der Waals surface area contributed by atoms with Gasteiger partial charge in [-0.1, -0.05) is 6.92 Å². The van der Waals surface area contributed by atoms with Crippen molar-refractivity contribution in [3.05, 3.63) is 12.2 Å². The zero-order chi connectivity index (χ0) is 15.0. The molecule has 1 aromatic heterocycles. The summed E-state index contributed by atoms with van der Waals surface area (Å²) in [6.45, 7) is 3.76. The Hall–Kier alpha value is -1.48. The molecule has 0 fully saturated rings. The Morgan fingerprint density at radius 1 is 1.50 bits per heavy atom. The van der Waals surface area contributed by atoms with Crippen molar-refractivity contribution in [2.45, 2.75) is 39.2 Å². The number of sulfonamides is 1. The van der Waals surface area contributed by atoms with E-state index in [1.165, 1.54) is 13.3 Å². The van der Waals surface area contributed by atoms with E-state index >= 15 is 0 Å². The summed E-state index contributed by atoms with van der Waals surface area (Å²) in [5.74, 6) is 0.453. The lowest BCUT2D eigenvalue weighted by molar-refractivity contribution is -0.122. The summed E-state index contributed by atoms with van der Waals surface area (Å²) in [5, 5.41) is 9.13. The van der Waals surface area contributed by atoms with Gasteiger partial charge in [-0.3, -0.25) is 9.89 Å². The van der Waals surface area contributed by atoms with Crippen molar-refractivity contribution in [1.82, 2.24) is 25.2 Å². The highest BCUT2D eigenvalue weighted by Gasteiger charge is 2.18. The van der Waals surface area contributed by atoms with Gasteiger partial charge in [-0.25, -0.2) is 18.1 Å². The molecule has 0 saturated heterocycles. The van der Waals surface area contributed by atoms with Gasteiger partial charge in [-0.05, 0) is 19.8 Å². The Labute approximate surface area is 118 Å². The molecule has 0 aliphatic carbocycles. The molecule has 1 heterocycles. The summed E-state index contributed by atoms with van der Waals surface area (Å²) in [7, 11) is -3.38. The van der Waals surface area contributed by atoms with Crippen molar-refractivity contribution >= 4 is 15.9 Å². The molecule has 0 bridgehead atoms. The van der Waals surface area contributed by atoms with E-state index in [1.54, 1.807) is 6.92 Å². The molecular formula is C11H21N5O3S.